The molecule has 0 amide bonds. The molecule has 0 aromatic carbocycles. The van der Waals surface area contributed by atoms with Crippen LogP contribution in [0, 0.1) is 5.41 Å². The molecule has 0 fully saturated rings. The molecule has 15 heavy (non-hydrogen) atoms. The summed E-state index contributed by atoms with van der Waals surface area (Å²) in [6.07, 6.45) is 0. The van der Waals surface area contributed by atoms with Crippen molar-refractivity contribution in [2.45, 2.75) is 26.4 Å². The fourth-order valence-corrected chi connectivity index (χ4v) is 2.15. The van der Waals surface area contributed by atoms with Crippen molar-refractivity contribution in [1.29, 1.82) is 0 Å². The van der Waals surface area contributed by atoms with Crippen LogP contribution in [0.3, 0.4) is 0 Å². The third-order valence-electron chi connectivity index (χ3n) is 2.63. The van der Waals surface area contributed by atoms with E-state index in [0.717, 1.165) is 0 Å². The van der Waals surface area contributed by atoms with Crippen molar-refractivity contribution < 1.29 is 4.39 Å². The van der Waals surface area contributed by atoms with Gasteiger partial charge in [0.15, 0.2) is 10.3 Å². The molecule has 0 spiro atoms. The number of aryl methyl sites for hydroxylation is 1. The van der Waals surface area contributed by atoms with Crippen LogP contribution in [0.1, 0.15) is 26.5 Å². The average molecular weight is 279 g/mol. The van der Waals surface area contributed by atoms with Crippen LogP contribution >= 0.6 is 15.9 Å². The molecular formula is C9H16BrFN4. The second-order valence-corrected chi connectivity index (χ2v) is 5.36. The zero-order chi connectivity index (χ0) is 11.9. The number of hydrogen-bond acceptors (Lipinski definition) is 3. The van der Waals surface area contributed by atoms with Crippen LogP contribution in [0.5, 0.6) is 0 Å². The second kappa shape index (κ2) is 3.83. The summed E-state index contributed by atoms with van der Waals surface area (Å²) >= 11 is 3.20. The van der Waals surface area contributed by atoms with Gasteiger partial charge in [0.1, 0.15) is 5.69 Å². The Hall–Kier alpha value is -0.490. The van der Waals surface area contributed by atoms with Gasteiger partial charge in [-0.15, -0.1) is 5.10 Å². The quantitative estimate of drug-likeness (QED) is 0.897. The smallest absolute Gasteiger partial charge is 0.171 e. The van der Waals surface area contributed by atoms with E-state index in [1.165, 1.54) is 4.68 Å². The Morgan fingerprint density at radius 2 is 2.00 bits per heavy atom. The van der Waals surface area contributed by atoms with Gasteiger partial charge in [0.2, 0.25) is 0 Å². The van der Waals surface area contributed by atoms with Crippen molar-refractivity contribution in [1.82, 2.24) is 15.0 Å². The third-order valence-corrected chi connectivity index (χ3v) is 3.17. The van der Waals surface area contributed by atoms with Gasteiger partial charge < -0.3 is 5.73 Å². The minimum absolute atomic E-state index is 0.101. The van der Waals surface area contributed by atoms with E-state index >= 15 is 0 Å². The van der Waals surface area contributed by atoms with E-state index in [1.54, 1.807) is 27.8 Å². The summed E-state index contributed by atoms with van der Waals surface area (Å²) in [5, 5.41) is 7.55. The fraction of sp³-hybridized carbons (Fsp3) is 0.778. The molecule has 1 atom stereocenters. The number of halogens is 2. The molecule has 2 N–H and O–H groups in total. The first-order chi connectivity index (χ1) is 6.74. The topological polar surface area (TPSA) is 56.7 Å². The number of nitrogens with zero attached hydrogens (tertiary/aromatic N) is 3. The molecule has 0 radical (unpaired) electrons. The van der Waals surface area contributed by atoms with Crippen LogP contribution < -0.4 is 5.73 Å². The summed E-state index contributed by atoms with van der Waals surface area (Å²) in [6.45, 7) is 5.31. The molecule has 0 aliphatic carbocycles. The lowest BCUT2D eigenvalue weighted by Crippen LogP contribution is -2.44. The lowest BCUT2D eigenvalue weighted by atomic mass is 9.76. The van der Waals surface area contributed by atoms with Gasteiger partial charge in [0, 0.05) is 19.0 Å². The second-order valence-electron chi connectivity index (χ2n) is 4.61. The monoisotopic (exact) mass is 278 g/mol. The van der Waals surface area contributed by atoms with Gasteiger partial charge in [-0.25, -0.2) is 9.07 Å². The predicted molar refractivity (Wildman–Crippen MR) is 60.0 cm³/mol. The van der Waals surface area contributed by atoms with Crippen molar-refractivity contribution in [2.24, 2.45) is 18.2 Å². The molecule has 1 heterocycles. The highest BCUT2D eigenvalue weighted by molar-refractivity contribution is 9.10. The molecule has 1 aromatic rings. The van der Waals surface area contributed by atoms with Gasteiger partial charge in [0.05, 0.1) is 0 Å². The van der Waals surface area contributed by atoms with E-state index in [4.69, 9.17) is 5.73 Å². The minimum atomic E-state index is -1.65. The molecule has 0 aliphatic heterocycles. The van der Waals surface area contributed by atoms with Gasteiger partial charge in [-0.2, -0.15) is 0 Å². The van der Waals surface area contributed by atoms with Crippen LogP contribution in [-0.4, -0.2) is 21.5 Å². The van der Waals surface area contributed by atoms with E-state index in [1.807, 2.05) is 0 Å². The average Bonchev–Trinajstić information content (AvgIpc) is 2.43. The summed E-state index contributed by atoms with van der Waals surface area (Å²) < 4.78 is 16.7. The van der Waals surface area contributed by atoms with E-state index in [-0.39, 0.29) is 6.54 Å². The van der Waals surface area contributed by atoms with Gasteiger partial charge in [-0.05, 0) is 15.9 Å². The Labute approximate surface area is 97.2 Å². The van der Waals surface area contributed by atoms with Crippen molar-refractivity contribution in [2.75, 3.05) is 6.54 Å². The Balaban J connectivity index is 3.36. The van der Waals surface area contributed by atoms with Crippen molar-refractivity contribution in [3.8, 4) is 0 Å². The van der Waals surface area contributed by atoms with E-state index in [0.29, 0.717) is 10.3 Å². The summed E-state index contributed by atoms with van der Waals surface area (Å²) in [4.78, 5) is 0. The molecule has 0 saturated heterocycles. The summed E-state index contributed by atoms with van der Waals surface area (Å²) in [5.41, 5.74) is 3.68. The molecule has 4 nitrogen and oxygen atoms in total. The van der Waals surface area contributed by atoms with Crippen molar-refractivity contribution in [3.63, 3.8) is 0 Å². The zero-order valence-corrected chi connectivity index (χ0v) is 11.0. The van der Waals surface area contributed by atoms with Gasteiger partial charge in [-0.3, -0.25) is 0 Å². The van der Waals surface area contributed by atoms with Crippen LogP contribution in [0.15, 0.2) is 4.60 Å². The number of rotatable bonds is 2. The normalized spacial score (nSPS) is 16.5. The predicted octanol–water partition coefficient (Wildman–Crippen LogP) is 1.75. The largest absolute Gasteiger partial charge is 0.327 e. The first-order valence-corrected chi connectivity index (χ1v) is 5.48. The molecular weight excluding hydrogens is 263 g/mol. The number of hydrogen-bond donors (Lipinski definition) is 1. The Morgan fingerprint density at radius 3 is 2.27 bits per heavy atom. The van der Waals surface area contributed by atoms with E-state index in [2.05, 4.69) is 26.2 Å². The summed E-state index contributed by atoms with van der Waals surface area (Å²) in [7, 11) is 1.66. The van der Waals surface area contributed by atoms with Crippen molar-refractivity contribution >= 4 is 15.9 Å². The highest BCUT2D eigenvalue weighted by Crippen LogP contribution is 2.43. The summed E-state index contributed by atoms with van der Waals surface area (Å²) in [5.74, 6) is 0. The van der Waals surface area contributed by atoms with Crippen LogP contribution in [0.2, 0.25) is 0 Å². The van der Waals surface area contributed by atoms with Crippen LogP contribution in [0.25, 0.3) is 0 Å². The van der Waals surface area contributed by atoms with Crippen LogP contribution in [-0.2, 0) is 12.7 Å². The maximum Gasteiger partial charge on any atom is 0.171 e. The third kappa shape index (κ3) is 1.92. The highest BCUT2D eigenvalue weighted by atomic mass is 79.9. The SMILES string of the molecule is Cn1nnc(Br)c1C(F)(CN)C(C)(C)C. The number of aromatic nitrogens is 3. The Kier molecular flexibility index (Phi) is 3.21. The van der Waals surface area contributed by atoms with Gasteiger partial charge in [0.25, 0.3) is 0 Å². The maximum absolute atomic E-state index is 14.9. The molecule has 1 aromatic heterocycles. The van der Waals surface area contributed by atoms with Gasteiger partial charge >= 0.3 is 0 Å². The molecule has 0 aliphatic rings. The minimum Gasteiger partial charge on any atom is -0.327 e. The molecule has 1 unspecified atom stereocenters. The summed E-state index contributed by atoms with van der Waals surface area (Å²) in [6, 6.07) is 0. The zero-order valence-electron chi connectivity index (χ0n) is 9.38. The first-order valence-electron chi connectivity index (χ1n) is 4.68. The van der Waals surface area contributed by atoms with Crippen LogP contribution in [0.4, 0.5) is 4.39 Å². The lowest BCUT2D eigenvalue weighted by molar-refractivity contribution is 0.0254. The lowest BCUT2D eigenvalue weighted by Gasteiger charge is -2.36. The standard InChI is InChI=1S/C9H16BrFN4/c1-8(2,3)9(11,5-12)6-7(10)13-14-15(6)4/h5,12H2,1-4H3. The molecule has 1 rings (SSSR count). The molecule has 6 heteroatoms. The fourth-order valence-electron chi connectivity index (χ4n) is 1.51. The molecule has 0 bridgehead atoms. The van der Waals surface area contributed by atoms with E-state index in [9.17, 15) is 4.39 Å². The first kappa shape index (κ1) is 12.6. The molecule has 0 saturated carbocycles. The van der Waals surface area contributed by atoms with E-state index < -0.39 is 11.1 Å². The maximum atomic E-state index is 14.9. The number of nitrogens with two attached hydrogens (primary N) is 1. The highest BCUT2D eigenvalue weighted by Gasteiger charge is 2.47. The Bertz CT molecular complexity index is 338. The molecule has 86 valence electrons. The Morgan fingerprint density at radius 1 is 1.47 bits per heavy atom. The van der Waals surface area contributed by atoms with Crippen molar-refractivity contribution in [3.05, 3.63) is 10.3 Å². The van der Waals surface area contributed by atoms with Gasteiger partial charge in [-0.1, -0.05) is 26.0 Å². The number of alkyl halides is 1.